The van der Waals surface area contributed by atoms with Gasteiger partial charge in [0.15, 0.2) is 5.69 Å². The lowest BCUT2D eigenvalue weighted by Crippen LogP contribution is -2.03. The lowest BCUT2D eigenvalue weighted by Gasteiger charge is -2.04. The number of aromatic carboxylic acids is 1. The van der Waals surface area contributed by atoms with Crippen molar-refractivity contribution in [2.45, 2.75) is 13.3 Å². The summed E-state index contributed by atoms with van der Waals surface area (Å²) in [5.41, 5.74) is 1.41. The van der Waals surface area contributed by atoms with Crippen LogP contribution in [0.5, 0.6) is 0 Å². The molecular formula is C12H11FN2O2. The lowest BCUT2D eigenvalue weighted by atomic mass is 10.2. The van der Waals surface area contributed by atoms with Crippen LogP contribution in [0.4, 0.5) is 4.39 Å². The van der Waals surface area contributed by atoms with Gasteiger partial charge < -0.3 is 5.11 Å². The van der Waals surface area contributed by atoms with Crippen molar-refractivity contribution in [3.05, 3.63) is 47.5 Å². The Hall–Kier alpha value is -2.17. The molecule has 0 saturated heterocycles. The number of carbonyl (C=O) groups is 1. The maximum Gasteiger partial charge on any atom is 0.356 e. The first-order chi connectivity index (χ1) is 8.11. The molecule has 2 rings (SSSR count). The van der Waals surface area contributed by atoms with Crippen LogP contribution >= 0.6 is 0 Å². The Kier molecular flexibility index (Phi) is 2.91. The minimum absolute atomic E-state index is 0.00817. The number of benzene rings is 1. The van der Waals surface area contributed by atoms with Crippen LogP contribution in [0.15, 0.2) is 30.3 Å². The van der Waals surface area contributed by atoms with Gasteiger partial charge in [0.2, 0.25) is 0 Å². The summed E-state index contributed by atoms with van der Waals surface area (Å²) in [6.07, 6.45) is 0.650. The summed E-state index contributed by atoms with van der Waals surface area (Å²) in [7, 11) is 0. The van der Waals surface area contributed by atoms with E-state index in [-0.39, 0.29) is 11.5 Å². The van der Waals surface area contributed by atoms with Gasteiger partial charge in [-0.1, -0.05) is 6.92 Å². The number of carboxylic acid groups (broad SMARTS) is 1. The van der Waals surface area contributed by atoms with E-state index in [1.807, 2.05) is 6.92 Å². The molecule has 1 aromatic heterocycles. The van der Waals surface area contributed by atoms with Crippen LogP contribution in [-0.2, 0) is 6.42 Å². The van der Waals surface area contributed by atoms with E-state index in [0.717, 1.165) is 5.69 Å². The molecule has 0 aliphatic carbocycles. The summed E-state index contributed by atoms with van der Waals surface area (Å²) in [5, 5.41) is 12.8. The van der Waals surface area contributed by atoms with E-state index in [1.54, 1.807) is 12.1 Å². The Balaban J connectivity index is 2.50. The highest BCUT2D eigenvalue weighted by Crippen LogP contribution is 2.14. The summed E-state index contributed by atoms with van der Waals surface area (Å²) >= 11 is 0. The molecule has 0 fully saturated rings. The number of aryl methyl sites for hydroxylation is 1. The molecule has 4 nitrogen and oxygen atoms in total. The van der Waals surface area contributed by atoms with Gasteiger partial charge in [-0.05, 0) is 36.8 Å². The highest BCUT2D eigenvalue weighted by atomic mass is 19.1. The van der Waals surface area contributed by atoms with Gasteiger partial charge in [0.1, 0.15) is 5.82 Å². The number of carboxylic acids is 1. The number of aromatic nitrogens is 2. The fourth-order valence-corrected chi connectivity index (χ4v) is 1.58. The minimum atomic E-state index is -1.07. The molecule has 2 aromatic rings. The van der Waals surface area contributed by atoms with E-state index in [2.05, 4.69) is 5.10 Å². The van der Waals surface area contributed by atoms with Crippen molar-refractivity contribution in [1.29, 1.82) is 0 Å². The largest absolute Gasteiger partial charge is 0.476 e. The van der Waals surface area contributed by atoms with Gasteiger partial charge in [-0.15, -0.1) is 0 Å². The first-order valence-corrected chi connectivity index (χ1v) is 5.20. The first-order valence-electron chi connectivity index (χ1n) is 5.20. The lowest BCUT2D eigenvalue weighted by molar-refractivity contribution is 0.0690. The Bertz CT molecular complexity index is 546. The molecule has 1 N–H and O–H groups in total. The van der Waals surface area contributed by atoms with E-state index in [1.165, 1.54) is 22.9 Å². The number of rotatable bonds is 3. The van der Waals surface area contributed by atoms with E-state index in [9.17, 15) is 9.18 Å². The maximum atomic E-state index is 12.8. The number of nitrogens with zero attached hydrogens (tertiary/aromatic N) is 2. The summed E-state index contributed by atoms with van der Waals surface area (Å²) < 4.78 is 14.3. The van der Waals surface area contributed by atoms with Gasteiger partial charge in [0.05, 0.1) is 5.69 Å². The fourth-order valence-electron chi connectivity index (χ4n) is 1.58. The van der Waals surface area contributed by atoms with Gasteiger partial charge >= 0.3 is 5.97 Å². The Morgan fingerprint density at radius 1 is 1.41 bits per heavy atom. The van der Waals surface area contributed by atoms with Crippen molar-refractivity contribution in [3.63, 3.8) is 0 Å². The monoisotopic (exact) mass is 234 g/mol. The highest BCUT2D eigenvalue weighted by Gasteiger charge is 2.13. The van der Waals surface area contributed by atoms with Crippen molar-refractivity contribution < 1.29 is 14.3 Å². The second-order valence-corrected chi connectivity index (χ2v) is 3.57. The van der Waals surface area contributed by atoms with Crippen molar-refractivity contribution in [2.75, 3.05) is 0 Å². The number of hydrogen-bond acceptors (Lipinski definition) is 2. The standard InChI is InChI=1S/C12H11FN2O2/c1-2-9-7-11(12(16)17)14-15(9)10-5-3-8(13)4-6-10/h3-7H,2H2,1H3,(H,16,17). The van der Waals surface area contributed by atoms with Crippen molar-refractivity contribution >= 4 is 5.97 Å². The first kappa shape index (κ1) is 11.3. The summed E-state index contributed by atoms with van der Waals surface area (Å²) in [6.45, 7) is 1.91. The van der Waals surface area contributed by atoms with Crippen LogP contribution in [0.2, 0.25) is 0 Å². The van der Waals surface area contributed by atoms with E-state index >= 15 is 0 Å². The Labute approximate surface area is 97.3 Å². The molecule has 0 aliphatic heterocycles. The second kappa shape index (κ2) is 4.37. The van der Waals surface area contributed by atoms with Crippen LogP contribution in [0.3, 0.4) is 0 Å². The zero-order valence-electron chi connectivity index (χ0n) is 9.22. The summed E-state index contributed by atoms with van der Waals surface area (Å²) in [6, 6.07) is 7.28. The van der Waals surface area contributed by atoms with E-state index in [4.69, 9.17) is 5.11 Å². The van der Waals surface area contributed by atoms with Crippen LogP contribution in [-0.4, -0.2) is 20.9 Å². The van der Waals surface area contributed by atoms with Crippen molar-refractivity contribution in [2.24, 2.45) is 0 Å². The molecule has 0 unspecified atom stereocenters. The highest BCUT2D eigenvalue weighted by molar-refractivity contribution is 5.85. The van der Waals surface area contributed by atoms with Crippen molar-refractivity contribution in [3.8, 4) is 5.69 Å². The van der Waals surface area contributed by atoms with Crippen LogP contribution in [0.25, 0.3) is 5.69 Å². The molecule has 0 amide bonds. The molecule has 0 radical (unpaired) electrons. The van der Waals surface area contributed by atoms with Gasteiger partial charge in [-0.25, -0.2) is 13.9 Å². The van der Waals surface area contributed by atoms with E-state index < -0.39 is 5.97 Å². The quantitative estimate of drug-likeness (QED) is 0.886. The third-order valence-electron chi connectivity index (χ3n) is 2.44. The van der Waals surface area contributed by atoms with Crippen molar-refractivity contribution in [1.82, 2.24) is 9.78 Å². The average Bonchev–Trinajstić information content (AvgIpc) is 2.74. The third-order valence-corrected chi connectivity index (χ3v) is 2.44. The molecule has 0 bridgehead atoms. The molecule has 1 heterocycles. The third kappa shape index (κ3) is 2.18. The molecule has 0 saturated carbocycles. The number of hydrogen-bond donors (Lipinski definition) is 1. The van der Waals surface area contributed by atoms with Gasteiger partial charge in [0, 0.05) is 5.69 Å². The predicted octanol–water partition coefficient (Wildman–Crippen LogP) is 2.27. The van der Waals surface area contributed by atoms with Crippen LogP contribution in [0.1, 0.15) is 23.1 Å². The van der Waals surface area contributed by atoms with Gasteiger partial charge in [-0.3, -0.25) is 0 Å². The van der Waals surface area contributed by atoms with Gasteiger partial charge in [-0.2, -0.15) is 5.10 Å². The molecule has 0 spiro atoms. The van der Waals surface area contributed by atoms with Crippen LogP contribution < -0.4 is 0 Å². The Morgan fingerprint density at radius 3 is 2.59 bits per heavy atom. The molecule has 0 atom stereocenters. The number of halogens is 1. The van der Waals surface area contributed by atoms with Gasteiger partial charge in [0.25, 0.3) is 0 Å². The fraction of sp³-hybridized carbons (Fsp3) is 0.167. The molecule has 88 valence electrons. The molecule has 0 aliphatic rings. The smallest absolute Gasteiger partial charge is 0.356 e. The predicted molar refractivity (Wildman–Crippen MR) is 59.9 cm³/mol. The minimum Gasteiger partial charge on any atom is -0.476 e. The molecule has 1 aromatic carbocycles. The zero-order chi connectivity index (χ0) is 12.4. The topological polar surface area (TPSA) is 55.1 Å². The zero-order valence-corrected chi connectivity index (χ0v) is 9.22. The second-order valence-electron chi connectivity index (χ2n) is 3.57. The molecule has 5 heteroatoms. The van der Waals surface area contributed by atoms with E-state index in [0.29, 0.717) is 12.1 Å². The molecule has 17 heavy (non-hydrogen) atoms. The van der Waals surface area contributed by atoms with Crippen LogP contribution in [0, 0.1) is 5.82 Å². The maximum absolute atomic E-state index is 12.8. The normalized spacial score (nSPS) is 10.5. The Morgan fingerprint density at radius 2 is 2.06 bits per heavy atom. The summed E-state index contributed by atoms with van der Waals surface area (Å²) in [5.74, 6) is -1.40. The average molecular weight is 234 g/mol. The SMILES string of the molecule is CCc1cc(C(=O)O)nn1-c1ccc(F)cc1. The molecular weight excluding hydrogens is 223 g/mol. The summed E-state index contributed by atoms with van der Waals surface area (Å²) in [4.78, 5) is 10.8.